The first kappa shape index (κ1) is 14.6. The maximum atomic E-state index is 11.5. The highest BCUT2D eigenvalue weighted by Crippen LogP contribution is 2.26. The van der Waals surface area contributed by atoms with Gasteiger partial charge in [0, 0.05) is 17.4 Å². The minimum Gasteiger partial charge on any atom is -0.398 e. The predicted octanol–water partition coefficient (Wildman–Crippen LogP) is 1.48. The number of hydrogen-bond donors (Lipinski definition) is 2. The van der Waals surface area contributed by atoms with Crippen LogP contribution in [0.5, 0.6) is 0 Å². The Balaban J connectivity index is 3.47. The summed E-state index contributed by atoms with van der Waals surface area (Å²) in [6.45, 7) is 0. The van der Waals surface area contributed by atoms with Gasteiger partial charge < -0.3 is 5.73 Å². The molecule has 1 aromatic carbocycles. The van der Waals surface area contributed by atoms with Crippen LogP contribution in [0.4, 0.5) is 5.69 Å². The summed E-state index contributed by atoms with van der Waals surface area (Å²) in [5.41, 5.74) is 7.61. The molecule has 17 heavy (non-hydrogen) atoms. The van der Waals surface area contributed by atoms with Gasteiger partial charge in [-0.15, -0.1) is 23.2 Å². The smallest absolute Gasteiger partial charge is 0.238 e. The number of primary sulfonamides is 1. The molecule has 0 saturated carbocycles. The molecule has 1 aromatic rings. The van der Waals surface area contributed by atoms with Gasteiger partial charge in [0.2, 0.25) is 10.0 Å². The molecule has 0 spiro atoms. The highest BCUT2D eigenvalue weighted by atomic mass is 35.5. The molecule has 0 amide bonds. The van der Waals surface area contributed by atoms with Gasteiger partial charge in [0.15, 0.2) is 0 Å². The second kappa shape index (κ2) is 5.91. The van der Waals surface area contributed by atoms with Crippen LogP contribution in [0.3, 0.4) is 0 Å². The minimum atomic E-state index is -3.77. The summed E-state index contributed by atoms with van der Waals surface area (Å²) < 4.78 is 22.9. The highest BCUT2D eigenvalue weighted by Gasteiger charge is 2.18. The van der Waals surface area contributed by atoms with E-state index >= 15 is 0 Å². The Morgan fingerprint density at radius 3 is 2.06 bits per heavy atom. The summed E-state index contributed by atoms with van der Waals surface area (Å²) in [5.74, 6) is 0.648. The van der Waals surface area contributed by atoms with Crippen LogP contribution in [-0.2, 0) is 22.9 Å². The molecule has 0 aromatic heterocycles. The zero-order valence-corrected chi connectivity index (χ0v) is 11.4. The van der Waals surface area contributed by atoms with Crippen LogP contribution < -0.4 is 10.9 Å². The van der Waals surface area contributed by atoms with Crippen molar-refractivity contribution in [3.63, 3.8) is 0 Å². The van der Waals surface area contributed by atoms with Crippen LogP contribution in [-0.4, -0.2) is 20.2 Å². The average molecular weight is 297 g/mol. The fourth-order valence-corrected chi connectivity index (χ4v) is 2.92. The number of anilines is 1. The Morgan fingerprint density at radius 1 is 1.06 bits per heavy atom. The number of hydrogen-bond acceptors (Lipinski definition) is 3. The van der Waals surface area contributed by atoms with Crippen molar-refractivity contribution in [1.29, 1.82) is 0 Å². The van der Waals surface area contributed by atoms with E-state index in [4.69, 9.17) is 34.1 Å². The topological polar surface area (TPSA) is 86.2 Å². The summed E-state index contributed by atoms with van der Waals surface area (Å²) >= 11 is 11.4. The van der Waals surface area contributed by atoms with Gasteiger partial charge in [-0.1, -0.05) is 0 Å². The Labute approximate surface area is 111 Å². The van der Waals surface area contributed by atoms with Crippen LogP contribution in [0.2, 0.25) is 0 Å². The van der Waals surface area contributed by atoms with Gasteiger partial charge in [-0.25, -0.2) is 13.6 Å². The van der Waals surface area contributed by atoms with Crippen molar-refractivity contribution in [3.05, 3.63) is 23.3 Å². The van der Waals surface area contributed by atoms with E-state index in [0.29, 0.717) is 41.4 Å². The second-order valence-corrected chi connectivity index (χ2v) is 5.82. The zero-order valence-electron chi connectivity index (χ0n) is 9.12. The Bertz CT molecular complexity index is 503. The van der Waals surface area contributed by atoms with E-state index in [0.717, 1.165) is 0 Å². The lowest BCUT2D eigenvalue weighted by Crippen LogP contribution is -2.17. The lowest BCUT2D eigenvalue weighted by Gasteiger charge is -2.14. The number of sulfonamides is 1. The van der Waals surface area contributed by atoms with Crippen molar-refractivity contribution in [3.8, 4) is 0 Å². The fourth-order valence-electron chi connectivity index (χ4n) is 1.71. The van der Waals surface area contributed by atoms with Crippen molar-refractivity contribution in [2.45, 2.75) is 17.7 Å². The van der Waals surface area contributed by atoms with Gasteiger partial charge in [-0.2, -0.15) is 0 Å². The molecule has 0 saturated heterocycles. The number of halogens is 2. The number of rotatable bonds is 5. The third-order valence-corrected chi connectivity index (χ3v) is 3.79. The monoisotopic (exact) mass is 296 g/mol. The van der Waals surface area contributed by atoms with E-state index < -0.39 is 10.0 Å². The summed E-state index contributed by atoms with van der Waals surface area (Å²) in [7, 11) is -3.77. The third-order valence-electron chi connectivity index (χ3n) is 2.42. The van der Waals surface area contributed by atoms with Gasteiger partial charge in [-0.05, 0) is 36.1 Å². The molecule has 0 aliphatic heterocycles. The normalized spacial score (nSPS) is 11.7. The molecule has 0 atom stereocenters. The lowest BCUT2D eigenvalue weighted by atomic mass is 10.0. The zero-order chi connectivity index (χ0) is 13.1. The first-order valence-electron chi connectivity index (χ1n) is 4.96. The minimum absolute atomic E-state index is 0.0764. The van der Waals surface area contributed by atoms with E-state index in [2.05, 4.69) is 0 Å². The second-order valence-electron chi connectivity index (χ2n) is 3.53. The van der Waals surface area contributed by atoms with E-state index in [9.17, 15) is 8.42 Å². The summed E-state index contributed by atoms with van der Waals surface area (Å²) in [6, 6.07) is 2.93. The Morgan fingerprint density at radius 2 is 1.59 bits per heavy atom. The molecule has 0 fully saturated rings. The quantitative estimate of drug-likeness (QED) is 0.637. The molecule has 7 heteroatoms. The maximum absolute atomic E-state index is 11.5. The molecule has 0 heterocycles. The summed E-state index contributed by atoms with van der Waals surface area (Å²) in [6.07, 6.45) is 0.882. The molecule has 0 unspecified atom stereocenters. The largest absolute Gasteiger partial charge is 0.398 e. The molecular weight excluding hydrogens is 283 g/mol. The van der Waals surface area contributed by atoms with Gasteiger partial charge in [-0.3, -0.25) is 0 Å². The summed E-state index contributed by atoms with van der Waals surface area (Å²) in [4.78, 5) is 0.0764. The SMILES string of the molecule is Nc1ccc(S(N)(=O)=O)c(CCCl)c1CCCl. The van der Waals surface area contributed by atoms with Crippen LogP contribution in [0.25, 0.3) is 0 Å². The van der Waals surface area contributed by atoms with Crippen molar-refractivity contribution in [1.82, 2.24) is 0 Å². The number of alkyl halides is 2. The molecule has 96 valence electrons. The van der Waals surface area contributed by atoms with Crippen molar-refractivity contribution >= 4 is 38.9 Å². The molecule has 0 aliphatic carbocycles. The van der Waals surface area contributed by atoms with Crippen molar-refractivity contribution in [2.24, 2.45) is 5.14 Å². The highest BCUT2D eigenvalue weighted by molar-refractivity contribution is 7.89. The van der Waals surface area contributed by atoms with Gasteiger partial charge in [0.05, 0.1) is 4.90 Å². The molecule has 1 rings (SSSR count). The molecule has 0 bridgehead atoms. The van der Waals surface area contributed by atoms with Crippen LogP contribution >= 0.6 is 23.2 Å². The molecular formula is C10H14Cl2N2O2S. The third kappa shape index (κ3) is 3.48. The number of benzene rings is 1. The summed E-state index contributed by atoms with van der Waals surface area (Å²) in [5, 5.41) is 5.16. The average Bonchev–Trinajstić information content (AvgIpc) is 2.22. The fraction of sp³-hybridized carbons (Fsp3) is 0.400. The van der Waals surface area contributed by atoms with Crippen LogP contribution in [0, 0.1) is 0 Å². The van der Waals surface area contributed by atoms with E-state index in [-0.39, 0.29) is 4.90 Å². The van der Waals surface area contributed by atoms with Crippen LogP contribution in [0.15, 0.2) is 17.0 Å². The molecule has 0 aliphatic rings. The van der Waals surface area contributed by atoms with Crippen molar-refractivity contribution < 1.29 is 8.42 Å². The standard InChI is InChI=1S/C10H14Cl2N2O2S/c11-5-3-7-8(4-6-12)10(17(14,15)16)2-1-9(7)13/h1-2H,3-6,13H2,(H2,14,15,16). The lowest BCUT2D eigenvalue weighted by molar-refractivity contribution is 0.596. The first-order chi connectivity index (χ1) is 7.91. The van der Waals surface area contributed by atoms with Gasteiger partial charge in [0.25, 0.3) is 0 Å². The maximum Gasteiger partial charge on any atom is 0.238 e. The number of nitrogens with two attached hydrogens (primary N) is 2. The number of nitrogen functional groups attached to an aromatic ring is 1. The molecule has 0 radical (unpaired) electrons. The molecule has 4 N–H and O–H groups in total. The van der Waals surface area contributed by atoms with Gasteiger partial charge >= 0.3 is 0 Å². The van der Waals surface area contributed by atoms with Gasteiger partial charge in [0.1, 0.15) is 0 Å². The molecule has 4 nitrogen and oxygen atoms in total. The van der Waals surface area contributed by atoms with E-state index in [1.807, 2.05) is 0 Å². The van der Waals surface area contributed by atoms with Crippen LogP contribution in [0.1, 0.15) is 11.1 Å². The predicted molar refractivity (Wildman–Crippen MR) is 71.1 cm³/mol. The van der Waals surface area contributed by atoms with Crippen molar-refractivity contribution in [2.75, 3.05) is 17.5 Å². The van der Waals surface area contributed by atoms with E-state index in [1.165, 1.54) is 12.1 Å². The Hall–Kier alpha value is -0.490. The first-order valence-corrected chi connectivity index (χ1v) is 7.58. The van der Waals surface area contributed by atoms with E-state index in [1.54, 1.807) is 0 Å². The Kier molecular flexibility index (Phi) is 5.06.